The Labute approximate surface area is 179 Å². The zero-order valence-electron chi connectivity index (χ0n) is 16.2. The second-order valence-electron chi connectivity index (χ2n) is 6.14. The molecule has 7 nitrogen and oxygen atoms in total. The lowest BCUT2D eigenvalue weighted by Crippen LogP contribution is -2.69. The van der Waals surface area contributed by atoms with Gasteiger partial charge in [-0.25, -0.2) is 18.4 Å². The number of esters is 1. The van der Waals surface area contributed by atoms with Crippen molar-refractivity contribution in [2.75, 3.05) is 17.7 Å². The zero-order valence-corrected chi connectivity index (χ0v) is 16.2. The predicted octanol–water partition coefficient (Wildman–Crippen LogP) is 4.53. The van der Waals surface area contributed by atoms with Crippen molar-refractivity contribution in [3.05, 3.63) is 54.1 Å². The number of rotatable bonds is 6. The highest BCUT2D eigenvalue weighted by atomic mass is 19.4. The molecule has 2 aromatic carbocycles. The number of nitrogens with one attached hydrogen (secondary N) is 3. The van der Waals surface area contributed by atoms with Gasteiger partial charge in [0.05, 0.1) is 12.8 Å². The van der Waals surface area contributed by atoms with Gasteiger partial charge < -0.3 is 20.1 Å². The SMILES string of the molecule is COC(=O)[C@](NC(=O)Nc1ccc(OC(F)(F)F)cc1)(Nc1ccc(F)cc1F)C(F)(F)F. The Hall–Kier alpha value is -3.78. The standard InChI is InChI=1S/C18H13F8N3O4/c1-32-14(30)16(17(21,22)23,28-13-7-2-9(19)8-12(13)20)29-15(31)27-10-3-5-11(6-4-10)33-18(24,25)26/h2-8,28H,1H3,(H2,27,29,31)/t16-/m1/s1. The number of ether oxygens (including phenoxy) is 2. The summed E-state index contributed by atoms with van der Waals surface area (Å²) in [6.45, 7) is 0. The van der Waals surface area contributed by atoms with Crippen molar-refractivity contribution in [2.45, 2.75) is 18.2 Å². The number of hydrogen-bond donors (Lipinski definition) is 3. The lowest BCUT2D eigenvalue weighted by Gasteiger charge is -2.35. The van der Waals surface area contributed by atoms with Crippen LogP contribution in [0.5, 0.6) is 5.75 Å². The van der Waals surface area contributed by atoms with Gasteiger partial charge in [0.15, 0.2) is 0 Å². The van der Waals surface area contributed by atoms with Gasteiger partial charge in [0.25, 0.3) is 0 Å². The smallest absolute Gasteiger partial charge is 0.466 e. The van der Waals surface area contributed by atoms with E-state index in [1.807, 2.05) is 5.32 Å². The van der Waals surface area contributed by atoms with Crippen LogP contribution in [-0.4, -0.2) is 37.3 Å². The molecular weight excluding hydrogens is 474 g/mol. The summed E-state index contributed by atoms with van der Waals surface area (Å²) in [7, 11) is 0.560. The van der Waals surface area contributed by atoms with Gasteiger partial charge in [-0.2, -0.15) is 13.2 Å². The first-order valence-corrected chi connectivity index (χ1v) is 8.50. The Morgan fingerprint density at radius 2 is 1.52 bits per heavy atom. The van der Waals surface area contributed by atoms with Gasteiger partial charge in [-0.15, -0.1) is 13.2 Å². The monoisotopic (exact) mass is 487 g/mol. The van der Waals surface area contributed by atoms with E-state index in [1.54, 1.807) is 0 Å². The summed E-state index contributed by atoms with van der Waals surface area (Å²) in [5.74, 6) is -5.43. The number of alkyl halides is 6. The Morgan fingerprint density at radius 3 is 2.00 bits per heavy atom. The number of carbonyl (C=O) groups excluding carboxylic acids is 2. The molecule has 0 saturated heterocycles. The minimum Gasteiger partial charge on any atom is -0.466 e. The van der Waals surface area contributed by atoms with Crippen LogP contribution < -0.4 is 20.7 Å². The third-order valence-electron chi connectivity index (χ3n) is 3.82. The van der Waals surface area contributed by atoms with E-state index in [0.717, 1.165) is 24.3 Å². The van der Waals surface area contributed by atoms with E-state index in [1.165, 1.54) is 10.6 Å². The molecule has 2 amide bonds. The van der Waals surface area contributed by atoms with Gasteiger partial charge in [-0.3, -0.25) is 5.32 Å². The van der Waals surface area contributed by atoms with Gasteiger partial charge >= 0.3 is 30.2 Å². The van der Waals surface area contributed by atoms with Crippen molar-refractivity contribution in [2.24, 2.45) is 0 Å². The van der Waals surface area contributed by atoms with Gasteiger partial charge in [0, 0.05) is 11.8 Å². The first-order chi connectivity index (χ1) is 15.2. The van der Waals surface area contributed by atoms with E-state index < -0.39 is 53.3 Å². The molecule has 0 aliphatic heterocycles. The van der Waals surface area contributed by atoms with Gasteiger partial charge in [0.1, 0.15) is 17.4 Å². The normalized spacial score (nSPS) is 13.5. The molecule has 15 heteroatoms. The summed E-state index contributed by atoms with van der Waals surface area (Å²) in [5.41, 5.74) is -5.34. The maximum atomic E-state index is 13.9. The van der Waals surface area contributed by atoms with Gasteiger partial charge in [0.2, 0.25) is 0 Å². The van der Waals surface area contributed by atoms with Crippen LogP contribution in [0.3, 0.4) is 0 Å². The van der Waals surface area contributed by atoms with Crippen LogP contribution in [0.2, 0.25) is 0 Å². The number of carbonyl (C=O) groups is 2. The molecule has 3 N–H and O–H groups in total. The summed E-state index contributed by atoms with van der Waals surface area (Å²) in [6.07, 6.45) is -10.6. The Balaban J connectivity index is 2.32. The number of anilines is 2. The fourth-order valence-corrected chi connectivity index (χ4v) is 2.41. The van der Waals surface area contributed by atoms with E-state index in [4.69, 9.17) is 0 Å². The molecule has 0 aromatic heterocycles. The molecule has 180 valence electrons. The molecule has 33 heavy (non-hydrogen) atoms. The number of urea groups is 1. The molecular formula is C18H13F8N3O4. The van der Waals surface area contributed by atoms with Crippen LogP contribution in [0.1, 0.15) is 0 Å². The molecule has 0 radical (unpaired) electrons. The molecule has 0 aliphatic rings. The zero-order chi connectivity index (χ0) is 25.0. The van der Waals surface area contributed by atoms with Crippen molar-refractivity contribution in [3.63, 3.8) is 0 Å². The molecule has 2 rings (SSSR count). The topological polar surface area (TPSA) is 88.7 Å². The highest BCUT2D eigenvalue weighted by Crippen LogP contribution is 2.34. The van der Waals surface area contributed by atoms with Crippen LogP contribution in [0.15, 0.2) is 42.5 Å². The van der Waals surface area contributed by atoms with Crippen LogP contribution in [0.25, 0.3) is 0 Å². The van der Waals surface area contributed by atoms with Crippen LogP contribution in [0, 0.1) is 11.6 Å². The van der Waals surface area contributed by atoms with Crippen molar-refractivity contribution in [1.29, 1.82) is 0 Å². The van der Waals surface area contributed by atoms with Crippen LogP contribution >= 0.6 is 0 Å². The molecule has 0 unspecified atom stereocenters. The Morgan fingerprint density at radius 1 is 0.909 bits per heavy atom. The summed E-state index contributed by atoms with van der Waals surface area (Å²) >= 11 is 0. The molecule has 0 spiro atoms. The van der Waals surface area contributed by atoms with Crippen molar-refractivity contribution >= 4 is 23.4 Å². The van der Waals surface area contributed by atoms with Crippen molar-refractivity contribution < 1.29 is 54.2 Å². The van der Waals surface area contributed by atoms with Crippen molar-refractivity contribution in [3.8, 4) is 5.75 Å². The van der Waals surface area contributed by atoms with E-state index in [2.05, 4.69) is 9.47 Å². The number of amides is 2. The largest absolute Gasteiger partial charge is 0.573 e. The minimum absolute atomic E-state index is 0.228. The maximum Gasteiger partial charge on any atom is 0.573 e. The second-order valence-corrected chi connectivity index (χ2v) is 6.14. The van der Waals surface area contributed by atoms with E-state index >= 15 is 0 Å². The summed E-state index contributed by atoms with van der Waals surface area (Å²) < 4.78 is 113. The molecule has 1 atom stereocenters. The first-order valence-electron chi connectivity index (χ1n) is 8.50. The van der Waals surface area contributed by atoms with Crippen LogP contribution in [0.4, 0.5) is 51.3 Å². The predicted molar refractivity (Wildman–Crippen MR) is 96.1 cm³/mol. The first kappa shape index (κ1) is 25.5. The van der Waals surface area contributed by atoms with Gasteiger partial charge in [-0.05, 0) is 36.4 Å². The number of halogens is 8. The quantitative estimate of drug-likeness (QED) is 0.317. The Kier molecular flexibility index (Phi) is 7.24. The van der Waals surface area contributed by atoms with Crippen molar-refractivity contribution in [1.82, 2.24) is 5.32 Å². The molecule has 0 fully saturated rings. The van der Waals surface area contributed by atoms with E-state index in [9.17, 15) is 44.7 Å². The highest BCUT2D eigenvalue weighted by molar-refractivity contribution is 5.96. The van der Waals surface area contributed by atoms with E-state index in [-0.39, 0.29) is 11.8 Å². The third kappa shape index (κ3) is 6.36. The molecule has 0 saturated carbocycles. The average Bonchev–Trinajstić information content (AvgIpc) is 2.68. The minimum atomic E-state index is -5.62. The van der Waals surface area contributed by atoms with E-state index in [0.29, 0.717) is 19.2 Å². The molecule has 0 bridgehead atoms. The fourth-order valence-electron chi connectivity index (χ4n) is 2.41. The maximum absolute atomic E-state index is 13.9. The summed E-state index contributed by atoms with van der Waals surface area (Å²) in [4.78, 5) is 24.3. The molecule has 2 aromatic rings. The lowest BCUT2D eigenvalue weighted by molar-refractivity contribution is -0.274. The lowest BCUT2D eigenvalue weighted by atomic mass is 10.1. The van der Waals surface area contributed by atoms with Gasteiger partial charge in [-0.1, -0.05) is 0 Å². The number of benzene rings is 2. The second kappa shape index (κ2) is 9.38. The number of hydrogen-bond acceptors (Lipinski definition) is 5. The average molecular weight is 487 g/mol. The van der Waals surface area contributed by atoms with Crippen LogP contribution in [-0.2, 0) is 9.53 Å². The summed E-state index contributed by atoms with van der Waals surface area (Å²) in [6, 6.07) is 2.92. The molecule has 0 aliphatic carbocycles. The number of methoxy groups -OCH3 is 1. The molecule has 0 heterocycles. The highest BCUT2D eigenvalue weighted by Gasteiger charge is 2.63. The summed E-state index contributed by atoms with van der Waals surface area (Å²) in [5, 5.41) is 4.61. The Bertz CT molecular complexity index is 1010. The fraction of sp³-hybridized carbons (Fsp3) is 0.222. The third-order valence-corrected chi connectivity index (χ3v) is 3.82.